The minimum Gasteiger partial charge on any atom is -0.482 e. The van der Waals surface area contributed by atoms with Gasteiger partial charge < -0.3 is 14.2 Å². The predicted molar refractivity (Wildman–Crippen MR) is 81.1 cm³/mol. The summed E-state index contributed by atoms with van der Waals surface area (Å²) in [6.45, 7) is 1.95. The Morgan fingerprint density at radius 1 is 1.14 bits per heavy atom. The van der Waals surface area contributed by atoms with Gasteiger partial charge >= 0.3 is 0 Å². The Labute approximate surface area is 130 Å². The van der Waals surface area contributed by atoms with E-state index in [1.807, 2.05) is 12.1 Å². The quantitative estimate of drug-likeness (QED) is 0.787. The Bertz CT molecular complexity index is 666. The first-order chi connectivity index (χ1) is 10.1. The van der Waals surface area contributed by atoms with Gasteiger partial charge in [-0.1, -0.05) is 28.1 Å². The molecule has 1 heterocycles. The van der Waals surface area contributed by atoms with Crippen LogP contribution < -0.4 is 14.2 Å². The van der Waals surface area contributed by atoms with E-state index in [0.29, 0.717) is 22.8 Å². The number of hydrogen-bond donors (Lipinski definition) is 0. The van der Waals surface area contributed by atoms with Gasteiger partial charge in [0.2, 0.25) is 12.6 Å². The summed E-state index contributed by atoms with van der Waals surface area (Å²) in [5.74, 6) is 1.84. The van der Waals surface area contributed by atoms with Crippen LogP contribution in [0.4, 0.5) is 0 Å². The van der Waals surface area contributed by atoms with Crippen molar-refractivity contribution in [1.29, 1.82) is 0 Å². The molecule has 0 saturated carbocycles. The smallest absolute Gasteiger partial charge is 0.231 e. The van der Waals surface area contributed by atoms with Crippen molar-refractivity contribution in [2.75, 3.05) is 6.79 Å². The largest absolute Gasteiger partial charge is 0.482 e. The summed E-state index contributed by atoms with van der Waals surface area (Å²) in [4.78, 5) is 12.3. The van der Waals surface area contributed by atoms with Crippen molar-refractivity contribution >= 4 is 21.7 Å². The lowest BCUT2D eigenvalue weighted by atomic mass is 10.1. The molecule has 2 aromatic carbocycles. The Hall–Kier alpha value is -2.01. The van der Waals surface area contributed by atoms with Crippen molar-refractivity contribution in [2.45, 2.75) is 13.0 Å². The van der Waals surface area contributed by atoms with Crippen molar-refractivity contribution in [3.8, 4) is 17.2 Å². The van der Waals surface area contributed by atoms with Gasteiger partial charge in [-0.2, -0.15) is 0 Å². The molecule has 0 N–H and O–H groups in total. The Kier molecular flexibility index (Phi) is 3.84. The van der Waals surface area contributed by atoms with Gasteiger partial charge in [-0.05, 0) is 31.2 Å². The fourth-order valence-electron chi connectivity index (χ4n) is 2.06. The van der Waals surface area contributed by atoms with E-state index in [2.05, 4.69) is 15.9 Å². The highest BCUT2D eigenvalue weighted by Crippen LogP contribution is 2.35. The summed E-state index contributed by atoms with van der Waals surface area (Å²) < 4.78 is 17.1. The first kappa shape index (κ1) is 13.9. The second-order valence-corrected chi connectivity index (χ2v) is 5.56. The number of ketones is 1. The molecule has 0 saturated heterocycles. The van der Waals surface area contributed by atoms with Gasteiger partial charge in [0, 0.05) is 16.1 Å². The maximum absolute atomic E-state index is 12.3. The molecule has 4 nitrogen and oxygen atoms in total. The maximum Gasteiger partial charge on any atom is 0.231 e. The van der Waals surface area contributed by atoms with Crippen LogP contribution in [0.3, 0.4) is 0 Å². The zero-order chi connectivity index (χ0) is 14.8. The van der Waals surface area contributed by atoms with E-state index in [0.717, 1.165) is 4.47 Å². The molecule has 0 radical (unpaired) electrons. The molecule has 1 aliphatic rings. The van der Waals surface area contributed by atoms with Crippen LogP contribution in [0.1, 0.15) is 17.3 Å². The lowest BCUT2D eigenvalue weighted by molar-refractivity contribution is 0.0817. The first-order valence-corrected chi connectivity index (χ1v) is 7.29. The fraction of sp³-hybridized carbons (Fsp3) is 0.188. The number of hydrogen-bond acceptors (Lipinski definition) is 4. The molecular weight excluding hydrogens is 336 g/mol. The van der Waals surface area contributed by atoms with Gasteiger partial charge in [-0.3, -0.25) is 4.79 Å². The van der Waals surface area contributed by atoms with Crippen LogP contribution in [-0.4, -0.2) is 18.7 Å². The summed E-state index contributed by atoms with van der Waals surface area (Å²) >= 11 is 3.35. The number of carbonyl (C=O) groups excluding carboxylic acids is 1. The first-order valence-electron chi connectivity index (χ1n) is 6.49. The standard InChI is InChI=1S/C16H13BrO4/c1-10(16(18)11-2-4-12(17)5-3-11)21-13-6-7-14-15(8-13)20-9-19-14/h2-8,10H,9H2,1H3. The molecule has 1 aliphatic heterocycles. The lowest BCUT2D eigenvalue weighted by Crippen LogP contribution is -2.23. The van der Waals surface area contributed by atoms with Crippen LogP contribution in [0.25, 0.3) is 0 Å². The third-order valence-electron chi connectivity index (χ3n) is 3.15. The van der Waals surface area contributed by atoms with Crippen LogP contribution in [-0.2, 0) is 0 Å². The summed E-state index contributed by atoms with van der Waals surface area (Å²) in [5, 5.41) is 0. The van der Waals surface area contributed by atoms with E-state index in [9.17, 15) is 4.79 Å². The molecule has 0 fully saturated rings. The van der Waals surface area contributed by atoms with Crippen LogP contribution in [0.5, 0.6) is 17.2 Å². The second kappa shape index (κ2) is 5.77. The Morgan fingerprint density at radius 2 is 1.86 bits per heavy atom. The highest BCUT2D eigenvalue weighted by atomic mass is 79.9. The SMILES string of the molecule is CC(Oc1ccc2c(c1)OCO2)C(=O)c1ccc(Br)cc1. The molecule has 2 aromatic rings. The molecule has 5 heteroatoms. The van der Waals surface area contributed by atoms with Gasteiger partial charge in [0.15, 0.2) is 17.6 Å². The minimum atomic E-state index is -0.577. The van der Waals surface area contributed by atoms with Crippen LogP contribution in [0, 0.1) is 0 Å². The zero-order valence-electron chi connectivity index (χ0n) is 11.3. The Morgan fingerprint density at radius 3 is 2.62 bits per heavy atom. The zero-order valence-corrected chi connectivity index (χ0v) is 12.9. The van der Waals surface area contributed by atoms with E-state index in [1.165, 1.54) is 0 Å². The summed E-state index contributed by atoms with van der Waals surface area (Å²) in [5.41, 5.74) is 0.617. The van der Waals surface area contributed by atoms with Crippen molar-refractivity contribution in [2.24, 2.45) is 0 Å². The average Bonchev–Trinajstić information content (AvgIpc) is 2.95. The molecule has 21 heavy (non-hydrogen) atoms. The van der Waals surface area contributed by atoms with Crippen molar-refractivity contribution in [1.82, 2.24) is 0 Å². The van der Waals surface area contributed by atoms with Gasteiger partial charge in [-0.25, -0.2) is 0 Å². The van der Waals surface area contributed by atoms with Crippen LogP contribution in [0.15, 0.2) is 46.9 Å². The third kappa shape index (κ3) is 3.03. The van der Waals surface area contributed by atoms with Crippen LogP contribution in [0.2, 0.25) is 0 Å². The van der Waals surface area contributed by atoms with Gasteiger partial charge in [0.1, 0.15) is 5.75 Å². The molecule has 1 atom stereocenters. The normalized spacial score (nSPS) is 13.8. The fourth-order valence-corrected chi connectivity index (χ4v) is 2.32. The van der Waals surface area contributed by atoms with E-state index in [4.69, 9.17) is 14.2 Å². The van der Waals surface area contributed by atoms with Gasteiger partial charge in [0.25, 0.3) is 0 Å². The van der Waals surface area contributed by atoms with E-state index >= 15 is 0 Å². The Balaban J connectivity index is 1.72. The number of carbonyl (C=O) groups is 1. The molecule has 0 aromatic heterocycles. The number of halogens is 1. The number of rotatable bonds is 4. The molecule has 0 aliphatic carbocycles. The van der Waals surface area contributed by atoms with Gasteiger partial charge in [0.05, 0.1) is 0 Å². The summed E-state index contributed by atoms with van der Waals surface area (Å²) in [6.07, 6.45) is -0.577. The average molecular weight is 349 g/mol. The maximum atomic E-state index is 12.3. The molecule has 3 rings (SSSR count). The summed E-state index contributed by atoms with van der Waals surface area (Å²) in [6, 6.07) is 12.5. The van der Waals surface area contributed by atoms with Crippen molar-refractivity contribution in [3.63, 3.8) is 0 Å². The lowest BCUT2D eigenvalue weighted by Gasteiger charge is -2.14. The van der Waals surface area contributed by atoms with Crippen molar-refractivity contribution in [3.05, 3.63) is 52.5 Å². The summed E-state index contributed by atoms with van der Waals surface area (Å²) in [7, 11) is 0. The number of benzene rings is 2. The van der Waals surface area contributed by atoms with E-state index in [-0.39, 0.29) is 12.6 Å². The predicted octanol–water partition coefficient (Wildman–Crippen LogP) is 3.83. The highest BCUT2D eigenvalue weighted by molar-refractivity contribution is 9.10. The molecule has 0 amide bonds. The van der Waals surface area contributed by atoms with Gasteiger partial charge in [-0.15, -0.1) is 0 Å². The molecule has 108 valence electrons. The van der Waals surface area contributed by atoms with Crippen LogP contribution >= 0.6 is 15.9 Å². The molecule has 0 spiro atoms. The second-order valence-electron chi connectivity index (χ2n) is 4.65. The monoisotopic (exact) mass is 348 g/mol. The molecular formula is C16H13BrO4. The van der Waals surface area contributed by atoms with E-state index in [1.54, 1.807) is 37.3 Å². The topological polar surface area (TPSA) is 44.8 Å². The minimum absolute atomic E-state index is 0.0693. The van der Waals surface area contributed by atoms with E-state index < -0.39 is 6.10 Å². The van der Waals surface area contributed by atoms with Crippen molar-refractivity contribution < 1.29 is 19.0 Å². The number of Topliss-reactive ketones (excluding diaryl/α,β-unsaturated/α-hetero) is 1. The number of ether oxygens (including phenoxy) is 3. The molecule has 0 bridgehead atoms. The highest BCUT2D eigenvalue weighted by Gasteiger charge is 2.19. The number of fused-ring (bicyclic) bond motifs is 1. The molecule has 1 unspecified atom stereocenters. The third-order valence-corrected chi connectivity index (χ3v) is 3.68.